The quantitative estimate of drug-likeness (QED) is 0.702. The lowest BCUT2D eigenvalue weighted by Crippen LogP contribution is -2.42. The highest BCUT2D eigenvalue weighted by molar-refractivity contribution is 6.30. The van der Waals surface area contributed by atoms with Crippen molar-refractivity contribution in [3.8, 4) is 0 Å². The van der Waals surface area contributed by atoms with E-state index < -0.39 is 18.0 Å². The molecule has 2 aliphatic rings. The molecule has 2 nitrogen and oxygen atoms in total. The molecule has 2 unspecified atom stereocenters. The number of amides is 1. The van der Waals surface area contributed by atoms with Crippen molar-refractivity contribution in [3.63, 3.8) is 0 Å². The first-order chi connectivity index (χ1) is 10.9. The van der Waals surface area contributed by atoms with Gasteiger partial charge < -0.3 is 4.90 Å². The molecule has 126 valence electrons. The number of carbonyl (C=O) groups excluding carboxylic acids is 1. The molecule has 6 heteroatoms. The summed E-state index contributed by atoms with van der Waals surface area (Å²) in [4.78, 5) is 14.5. The Morgan fingerprint density at radius 3 is 2.74 bits per heavy atom. The van der Waals surface area contributed by atoms with E-state index in [0.717, 1.165) is 24.1 Å². The molecule has 1 aliphatic carbocycles. The molecule has 0 bridgehead atoms. The second kappa shape index (κ2) is 6.34. The van der Waals surface area contributed by atoms with Crippen LogP contribution in [0.2, 0.25) is 5.02 Å². The second-order valence-electron chi connectivity index (χ2n) is 6.47. The number of alkyl halides is 3. The smallest absolute Gasteiger partial charge is 0.312 e. The van der Waals surface area contributed by atoms with Crippen LogP contribution < -0.4 is 4.90 Å². The highest BCUT2D eigenvalue weighted by atomic mass is 35.5. The van der Waals surface area contributed by atoms with Crippen molar-refractivity contribution in [2.45, 2.75) is 44.7 Å². The predicted octanol–water partition coefficient (Wildman–Crippen LogP) is 4.99. The van der Waals surface area contributed by atoms with Crippen LogP contribution in [0.4, 0.5) is 18.9 Å². The Morgan fingerprint density at radius 2 is 2.00 bits per heavy atom. The van der Waals surface area contributed by atoms with Gasteiger partial charge in [0.05, 0.1) is 5.92 Å². The Hall–Kier alpha value is -1.23. The fourth-order valence-corrected chi connectivity index (χ4v) is 3.92. The maximum atomic E-state index is 13.0. The number of rotatable bonds is 1. The van der Waals surface area contributed by atoms with Crippen molar-refractivity contribution in [2.75, 3.05) is 11.4 Å². The van der Waals surface area contributed by atoms with Crippen LogP contribution in [0, 0.1) is 11.8 Å². The molecule has 1 aromatic carbocycles. The zero-order valence-electron chi connectivity index (χ0n) is 12.7. The van der Waals surface area contributed by atoms with Crippen molar-refractivity contribution in [2.24, 2.45) is 11.8 Å². The molecule has 0 saturated heterocycles. The largest absolute Gasteiger partial charge is 0.391 e. The van der Waals surface area contributed by atoms with Crippen molar-refractivity contribution in [3.05, 3.63) is 28.8 Å². The van der Waals surface area contributed by atoms with E-state index in [4.69, 9.17) is 11.6 Å². The van der Waals surface area contributed by atoms with Crippen LogP contribution >= 0.6 is 11.6 Å². The lowest BCUT2D eigenvalue weighted by molar-refractivity contribution is -0.186. The topological polar surface area (TPSA) is 20.3 Å². The molecule has 1 amide bonds. The molecule has 1 heterocycles. The summed E-state index contributed by atoms with van der Waals surface area (Å²) < 4.78 is 38.9. The monoisotopic (exact) mass is 345 g/mol. The van der Waals surface area contributed by atoms with Gasteiger partial charge in [-0.25, -0.2) is 0 Å². The Balaban J connectivity index is 1.79. The molecule has 0 spiro atoms. The van der Waals surface area contributed by atoms with Gasteiger partial charge in [0.2, 0.25) is 5.91 Å². The third kappa shape index (κ3) is 3.49. The standard InChI is InChI=1S/C17H19ClF3NO/c18-14-6-7-15-11(10-14)4-2-8-22(15)16(23)12-3-1-5-13(9-12)17(19,20)21/h6-7,10,12-13H,1-5,8-9H2. The van der Waals surface area contributed by atoms with Crippen LogP contribution in [-0.2, 0) is 11.2 Å². The molecule has 1 saturated carbocycles. The minimum atomic E-state index is -4.20. The van der Waals surface area contributed by atoms with E-state index in [1.54, 1.807) is 17.0 Å². The lowest BCUT2D eigenvalue weighted by atomic mass is 9.80. The van der Waals surface area contributed by atoms with Gasteiger partial charge in [0.1, 0.15) is 0 Å². The number of benzene rings is 1. The van der Waals surface area contributed by atoms with E-state index in [1.165, 1.54) is 0 Å². The van der Waals surface area contributed by atoms with Crippen molar-refractivity contribution >= 4 is 23.2 Å². The predicted molar refractivity (Wildman–Crippen MR) is 83.6 cm³/mol. The fourth-order valence-electron chi connectivity index (χ4n) is 3.73. The van der Waals surface area contributed by atoms with Crippen LogP contribution in [0.5, 0.6) is 0 Å². The first-order valence-electron chi connectivity index (χ1n) is 8.03. The Bertz CT molecular complexity index is 602. The number of fused-ring (bicyclic) bond motifs is 1. The second-order valence-corrected chi connectivity index (χ2v) is 6.90. The molecule has 23 heavy (non-hydrogen) atoms. The summed E-state index contributed by atoms with van der Waals surface area (Å²) in [5.74, 6) is -2.04. The van der Waals surface area contributed by atoms with E-state index in [-0.39, 0.29) is 18.7 Å². The average Bonchev–Trinajstić information content (AvgIpc) is 2.52. The summed E-state index contributed by atoms with van der Waals surface area (Å²) in [6, 6.07) is 5.37. The molecular weight excluding hydrogens is 327 g/mol. The van der Waals surface area contributed by atoms with E-state index >= 15 is 0 Å². The Labute approximate surface area is 138 Å². The SMILES string of the molecule is O=C(C1CCCC(C(F)(F)F)C1)N1CCCc2cc(Cl)ccc21. The zero-order chi connectivity index (χ0) is 16.6. The molecule has 0 aromatic heterocycles. The Kier molecular flexibility index (Phi) is 4.59. The number of hydrogen-bond acceptors (Lipinski definition) is 1. The number of carbonyl (C=O) groups is 1. The van der Waals surface area contributed by atoms with Gasteiger partial charge in [-0.2, -0.15) is 13.2 Å². The van der Waals surface area contributed by atoms with Gasteiger partial charge in [-0.1, -0.05) is 18.0 Å². The first-order valence-corrected chi connectivity index (χ1v) is 8.40. The normalized spacial score (nSPS) is 25.1. The molecule has 0 radical (unpaired) electrons. The molecule has 3 rings (SSSR count). The maximum Gasteiger partial charge on any atom is 0.391 e. The Morgan fingerprint density at radius 1 is 1.22 bits per heavy atom. The minimum absolute atomic E-state index is 0.0816. The minimum Gasteiger partial charge on any atom is -0.312 e. The summed E-state index contributed by atoms with van der Waals surface area (Å²) >= 11 is 5.99. The molecule has 0 N–H and O–H groups in total. The summed E-state index contributed by atoms with van der Waals surface area (Å²) in [6.45, 7) is 0.570. The highest BCUT2D eigenvalue weighted by Crippen LogP contribution is 2.41. The van der Waals surface area contributed by atoms with Crippen LogP contribution in [0.3, 0.4) is 0 Å². The summed E-state index contributed by atoms with van der Waals surface area (Å²) in [6.07, 6.45) is -1.48. The highest BCUT2D eigenvalue weighted by Gasteiger charge is 2.44. The average molecular weight is 346 g/mol. The summed E-state index contributed by atoms with van der Waals surface area (Å²) in [5.41, 5.74) is 1.81. The van der Waals surface area contributed by atoms with E-state index in [1.807, 2.05) is 6.07 Å². The van der Waals surface area contributed by atoms with Crippen molar-refractivity contribution in [1.82, 2.24) is 0 Å². The number of nitrogens with zero attached hydrogens (tertiary/aromatic N) is 1. The zero-order valence-corrected chi connectivity index (χ0v) is 13.5. The van der Waals surface area contributed by atoms with Gasteiger partial charge in [0.25, 0.3) is 0 Å². The molecule has 1 aromatic rings. The van der Waals surface area contributed by atoms with Gasteiger partial charge >= 0.3 is 6.18 Å². The van der Waals surface area contributed by atoms with E-state index in [2.05, 4.69) is 0 Å². The van der Waals surface area contributed by atoms with Crippen LogP contribution in [0.25, 0.3) is 0 Å². The first kappa shape index (κ1) is 16.6. The third-order valence-electron chi connectivity index (χ3n) is 4.91. The molecular formula is C17H19ClF3NO. The number of hydrogen-bond donors (Lipinski definition) is 0. The van der Waals surface area contributed by atoms with Crippen LogP contribution in [0.1, 0.15) is 37.7 Å². The number of anilines is 1. The molecule has 1 aliphatic heterocycles. The van der Waals surface area contributed by atoms with Crippen molar-refractivity contribution < 1.29 is 18.0 Å². The summed E-state index contributed by atoms with van der Waals surface area (Å²) in [5, 5.41) is 0.618. The maximum absolute atomic E-state index is 13.0. The van der Waals surface area contributed by atoms with Gasteiger partial charge in [-0.05, 0) is 55.9 Å². The van der Waals surface area contributed by atoms with Gasteiger partial charge in [-0.3, -0.25) is 4.79 Å². The van der Waals surface area contributed by atoms with E-state index in [0.29, 0.717) is 24.4 Å². The van der Waals surface area contributed by atoms with E-state index in [9.17, 15) is 18.0 Å². The van der Waals surface area contributed by atoms with Gasteiger partial charge in [0.15, 0.2) is 0 Å². The van der Waals surface area contributed by atoms with Crippen LogP contribution in [0.15, 0.2) is 18.2 Å². The fraction of sp³-hybridized carbons (Fsp3) is 0.588. The van der Waals surface area contributed by atoms with Crippen LogP contribution in [-0.4, -0.2) is 18.6 Å². The van der Waals surface area contributed by atoms with Crippen molar-refractivity contribution in [1.29, 1.82) is 0 Å². The number of halogens is 4. The van der Waals surface area contributed by atoms with Gasteiger partial charge in [-0.15, -0.1) is 0 Å². The lowest BCUT2D eigenvalue weighted by Gasteiger charge is -2.36. The van der Waals surface area contributed by atoms with Gasteiger partial charge in [0, 0.05) is 23.2 Å². The number of aryl methyl sites for hydroxylation is 1. The molecule has 1 fully saturated rings. The third-order valence-corrected chi connectivity index (χ3v) is 5.15. The summed E-state index contributed by atoms with van der Waals surface area (Å²) in [7, 11) is 0. The molecule has 2 atom stereocenters.